The van der Waals surface area contributed by atoms with Crippen LogP contribution in [0.2, 0.25) is 5.02 Å². The van der Waals surface area contributed by atoms with Crippen molar-refractivity contribution in [1.82, 2.24) is 4.31 Å². The third-order valence-electron chi connectivity index (χ3n) is 4.58. The van der Waals surface area contributed by atoms with E-state index >= 15 is 0 Å². The number of fused-ring (bicyclic) bond motifs is 2. The van der Waals surface area contributed by atoms with Crippen LogP contribution in [0.4, 0.5) is 0 Å². The summed E-state index contributed by atoms with van der Waals surface area (Å²) < 4.78 is 33.6. The maximum absolute atomic E-state index is 13.0. The lowest BCUT2D eigenvalue weighted by molar-refractivity contribution is -0.141. The fourth-order valence-electron chi connectivity index (χ4n) is 3.29. The molecule has 0 spiro atoms. The number of cyclic esters (lactones) is 1. The lowest BCUT2D eigenvalue weighted by Gasteiger charge is -2.16. The molecule has 0 radical (unpaired) electrons. The molecule has 0 amide bonds. The van der Waals surface area contributed by atoms with Crippen molar-refractivity contribution >= 4 is 49.0 Å². The third kappa shape index (κ3) is 2.29. The summed E-state index contributed by atoms with van der Waals surface area (Å²) in [5.74, 6) is -0.636. The summed E-state index contributed by atoms with van der Waals surface area (Å²) in [5, 5.41) is 1.45. The van der Waals surface area contributed by atoms with Crippen molar-refractivity contribution in [3.05, 3.63) is 28.8 Å². The van der Waals surface area contributed by atoms with E-state index < -0.39 is 10.0 Å². The van der Waals surface area contributed by atoms with Gasteiger partial charge in [-0.1, -0.05) is 11.6 Å². The summed E-state index contributed by atoms with van der Waals surface area (Å²) in [6.45, 7) is 2.66. The van der Waals surface area contributed by atoms with Crippen molar-refractivity contribution in [2.75, 3.05) is 19.7 Å². The zero-order valence-electron chi connectivity index (χ0n) is 12.3. The number of halogens is 1. The quantitative estimate of drug-likeness (QED) is 0.761. The van der Waals surface area contributed by atoms with Gasteiger partial charge in [0.05, 0.1) is 12.5 Å². The van der Waals surface area contributed by atoms with Gasteiger partial charge in [0.15, 0.2) is 0 Å². The molecule has 2 aromatic rings. The highest BCUT2D eigenvalue weighted by Gasteiger charge is 2.48. The van der Waals surface area contributed by atoms with Crippen LogP contribution in [0.1, 0.15) is 5.56 Å². The van der Waals surface area contributed by atoms with Gasteiger partial charge in [0.25, 0.3) is 10.0 Å². The van der Waals surface area contributed by atoms with Crippen LogP contribution in [-0.4, -0.2) is 38.4 Å². The Kier molecular flexibility index (Phi) is 3.46. The molecule has 0 N–H and O–H groups in total. The first-order valence-electron chi connectivity index (χ1n) is 7.23. The van der Waals surface area contributed by atoms with Crippen LogP contribution in [-0.2, 0) is 19.6 Å². The number of sulfonamides is 1. The number of carbonyl (C=O) groups excluding carboxylic acids is 1. The largest absolute Gasteiger partial charge is 0.465 e. The van der Waals surface area contributed by atoms with Crippen LogP contribution >= 0.6 is 22.9 Å². The maximum atomic E-state index is 13.0. The summed E-state index contributed by atoms with van der Waals surface area (Å²) in [7, 11) is -3.61. The van der Waals surface area contributed by atoms with Crippen LogP contribution < -0.4 is 0 Å². The smallest absolute Gasteiger partial charge is 0.310 e. The number of nitrogens with zero attached hydrogens (tertiary/aromatic N) is 1. The zero-order chi connectivity index (χ0) is 16.4. The van der Waals surface area contributed by atoms with Crippen LogP contribution in [0, 0.1) is 18.8 Å². The second-order valence-corrected chi connectivity index (χ2v) is 9.60. The number of thiophene rings is 1. The second kappa shape index (κ2) is 5.17. The third-order valence-corrected chi connectivity index (χ3v) is 8.52. The SMILES string of the molecule is Cc1c(S(=O)(=O)N2C[C@@H]3COC(=O)[C@@H]3C2)sc2ccc(Cl)cc12. The molecule has 1 aromatic carbocycles. The summed E-state index contributed by atoms with van der Waals surface area (Å²) in [4.78, 5) is 11.7. The van der Waals surface area contributed by atoms with Gasteiger partial charge in [-0.05, 0) is 36.1 Å². The summed E-state index contributed by atoms with van der Waals surface area (Å²) in [6, 6.07) is 5.38. The number of carbonyl (C=O) groups is 1. The van der Waals surface area contributed by atoms with Crippen molar-refractivity contribution in [3.63, 3.8) is 0 Å². The van der Waals surface area contributed by atoms with Crippen molar-refractivity contribution in [3.8, 4) is 0 Å². The molecule has 3 heterocycles. The standard InChI is InChI=1S/C15H14ClNO4S2/c1-8-11-4-10(16)2-3-13(11)22-15(8)23(19,20)17-5-9-7-21-14(18)12(9)6-17/h2-4,9,12H,5-7H2,1H3/t9-,12-/m1/s1. The van der Waals surface area contributed by atoms with E-state index in [-0.39, 0.29) is 24.3 Å². The van der Waals surface area contributed by atoms with Gasteiger partial charge in [0, 0.05) is 28.7 Å². The first-order chi connectivity index (χ1) is 10.9. The maximum Gasteiger partial charge on any atom is 0.310 e. The molecule has 0 saturated carbocycles. The van der Waals surface area contributed by atoms with Gasteiger partial charge in [-0.2, -0.15) is 4.31 Å². The predicted molar refractivity (Wildman–Crippen MR) is 88.3 cm³/mol. The molecule has 0 aliphatic carbocycles. The number of hydrogen-bond donors (Lipinski definition) is 0. The molecule has 0 unspecified atom stereocenters. The van der Waals surface area contributed by atoms with E-state index in [0.717, 1.165) is 10.1 Å². The number of ether oxygens (including phenoxy) is 1. The Morgan fingerprint density at radius 2 is 2.13 bits per heavy atom. The highest BCUT2D eigenvalue weighted by atomic mass is 35.5. The Morgan fingerprint density at radius 1 is 1.35 bits per heavy atom. The van der Waals surface area contributed by atoms with Crippen LogP contribution in [0.3, 0.4) is 0 Å². The molecule has 0 bridgehead atoms. The van der Waals surface area contributed by atoms with Gasteiger partial charge in [-0.3, -0.25) is 4.79 Å². The monoisotopic (exact) mass is 371 g/mol. The molecule has 2 fully saturated rings. The van der Waals surface area contributed by atoms with E-state index in [0.29, 0.717) is 27.9 Å². The first-order valence-corrected chi connectivity index (χ1v) is 9.87. The molecule has 2 saturated heterocycles. The predicted octanol–water partition coefficient (Wildman–Crippen LogP) is 2.66. The van der Waals surface area contributed by atoms with Crippen molar-refractivity contribution in [2.45, 2.75) is 11.1 Å². The fourth-order valence-corrected chi connectivity index (χ4v) is 6.87. The van der Waals surface area contributed by atoms with E-state index in [1.807, 2.05) is 6.07 Å². The normalized spacial score (nSPS) is 25.0. The second-order valence-electron chi connectivity index (χ2n) is 5.97. The lowest BCUT2D eigenvalue weighted by Crippen LogP contribution is -2.30. The molecule has 4 rings (SSSR count). The van der Waals surface area contributed by atoms with Gasteiger partial charge >= 0.3 is 5.97 Å². The van der Waals surface area contributed by atoms with Crippen LogP contribution in [0.25, 0.3) is 10.1 Å². The minimum atomic E-state index is -3.61. The van der Waals surface area contributed by atoms with Gasteiger partial charge in [0.1, 0.15) is 4.21 Å². The molecular formula is C15H14ClNO4S2. The molecule has 5 nitrogen and oxygen atoms in total. The Bertz CT molecular complexity index is 921. The molecule has 1 aromatic heterocycles. The van der Waals surface area contributed by atoms with E-state index in [1.165, 1.54) is 15.6 Å². The minimum Gasteiger partial charge on any atom is -0.465 e. The van der Waals surface area contributed by atoms with Gasteiger partial charge < -0.3 is 4.74 Å². The molecule has 2 aliphatic rings. The lowest BCUT2D eigenvalue weighted by atomic mass is 10.0. The summed E-state index contributed by atoms with van der Waals surface area (Å²) in [6.07, 6.45) is 0. The highest BCUT2D eigenvalue weighted by Crippen LogP contribution is 2.40. The molecule has 2 atom stereocenters. The van der Waals surface area contributed by atoms with Crippen molar-refractivity contribution in [1.29, 1.82) is 0 Å². The van der Waals surface area contributed by atoms with Crippen molar-refractivity contribution < 1.29 is 17.9 Å². The molecule has 23 heavy (non-hydrogen) atoms. The summed E-state index contributed by atoms with van der Waals surface area (Å²) in [5.41, 5.74) is 0.715. The van der Waals surface area contributed by atoms with Gasteiger partial charge in [-0.15, -0.1) is 11.3 Å². The van der Waals surface area contributed by atoms with E-state index in [2.05, 4.69) is 0 Å². The van der Waals surface area contributed by atoms with E-state index in [1.54, 1.807) is 19.1 Å². The Morgan fingerprint density at radius 3 is 2.87 bits per heavy atom. The average molecular weight is 372 g/mol. The molecule has 2 aliphatic heterocycles. The number of rotatable bonds is 2. The Hall–Kier alpha value is -1.15. The topological polar surface area (TPSA) is 63.7 Å². The fraction of sp³-hybridized carbons (Fsp3) is 0.400. The number of benzene rings is 1. The Labute approximate surface area is 142 Å². The van der Waals surface area contributed by atoms with Gasteiger partial charge in [-0.25, -0.2) is 8.42 Å². The van der Waals surface area contributed by atoms with Crippen molar-refractivity contribution in [2.24, 2.45) is 11.8 Å². The van der Waals surface area contributed by atoms with Crippen LogP contribution in [0.5, 0.6) is 0 Å². The molecule has 8 heteroatoms. The van der Waals surface area contributed by atoms with Gasteiger partial charge in [0.2, 0.25) is 0 Å². The average Bonchev–Trinajstić information content (AvgIpc) is 3.16. The zero-order valence-corrected chi connectivity index (χ0v) is 14.7. The summed E-state index contributed by atoms with van der Waals surface area (Å²) >= 11 is 7.27. The highest BCUT2D eigenvalue weighted by molar-refractivity contribution is 7.91. The first kappa shape index (κ1) is 15.4. The van der Waals surface area contributed by atoms with E-state index in [4.69, 9.17) is 16.3 Å². The van der Waals surface area contributed by atoms with Crippen LogP contribution in [0.15, 0.2) is 22.4 Å². The Balaban J connectivity index is 1.75. The number of esters is 1. The molecule has 122 valence electrons. The molecular weight excluding hydrogens is 358 g/mol. The van der Waals surface area contributed by atoms with E-state index in [9.17, 15) is 13.2 Å². The minimum absolute atomic E-state index is 0.0265. The number of hydrogen-bond acceptors (Lipinski definition) is 5. The number of aryl methyl sites for hydroxylation is 1.